The molecule has 3 aromatic carbocycles. The molecule has 3 aromatic rings. The second-order valence-corrected chi connectivity index (χ2v) is 6.90. The van der Waals surface area contributed by atoms with Crippen LogP contribution in [0.4, 0.5) is 0 Å². The van der Waals surface area contributed by atoms with Gasteiger partial charge in [-0.05, 0) is 35.6 Å². The molecule has 1 N–H and O–H groups in total. The molecule has 0 saturated carbocycles. The molecule has 3 nitrogen and oxygen atoms in total. The zero-order valence-corrected chi connectivity index (χ0v) is 16.8. The van der Waals surface area contributed by atoms with Crippen molar-refractivity contribution in [2.45, 2.75) is 25.4 Å². The van der Waals surface area contributed by atoms with E-state index in [0.717, 1.165) is 22.3 Å². The quantitative estimate of drug-likeness (QED) is 0.501. The summed E-state index contributed by atoms with van der Waals surface area (Å²) in [7, 11) is 0. The van der Waals surface area contributed by atoms with Crippen LogP contribution in [0.1, 0.15) is 36.1 Å². The molecule has 3 heteroatoms. The minimum atomic E-state index is -0.506. The van der Waals surface area contributed by atoms with Gasteiger partial charge in [0, 0.05) is 0 Å². The highest BCUT2D eigenvalue weighted by Gasteiger charge is 2.26. The van der Waals surface area contributed by atoms with Crippen molar-refractivity contribution in [1.29, 1.82) is 0 Å². The molecular formula is C26H27NO2. The van der Waals surface area contributed by atoms with Gasteiger partial charge in [-0.3, -0.25) is 10.1 Å². The smallest absolute Gasteiger partial charge is 0.323 e. The molecule has 1 unspecified atom stereocenters. The van der Waals surface area contributed by atoms with Crippen molar-refractivity contribution in [1.82, 2.24) is 5.32 Å². The third-order valence-corrected chi connectivity index (χ3v) is 4.84. The van der Waals surface area contributed by atoms with Crippen molar-refractivity contribution in [3.63, 3.8) is 0 Å². The van der Waals surface area contributed by atoms with Crippen LogP contribution in [0.2, 0.25) is 0 Å². The highest BCUT2D eigenvalue weighted by atomic mass is 16.5. The standard InChI is InChI=1S/C26H27NO2/c1-3-29-26(28)24(19-20(2)21-13-7-4-8-14-21)27-25(22-15-9-5-10-16-22)23-17-11-6-12-18-23/h4-18,24-25,27H,2-3,19H2,1H3. The summed E-state index contributed by atoms with van der Waals surface area (Å²) < 4.78 is 5.37. The molecule has 0 aliphatic heterocycles. The van der Waals surface area contributed by atoms with E-state index in [9.17, 15) is 4.79 Å². The molecule has 1 atom stereocenters. The van der Waals surface area contributed by atoms with E-state index in [4.69, 9.17) is 4.74 Å². The summed E-state index contributed by atoms with van der Waals surface area (Å²) in [6.45, 7) is 6.38. The Morgan fingerprint density at radius 2 is 1.34 bits per heavy atom. The van der Waals surface area contributed by atoms with Crippen molar-refractivity contribution in [3.8, 4) is 0 Å². The summed E-state index contributed by atoms with van der Waals surface area (Å²) >= 11 is 0. The summed E-state index contributed by atoms with van der Waals surface area (Å²) in [6, 6.07) is 29.6. The molecule has 0 bridgehead atoms. The molecule has 0 saturated heterocycles. The topological polar surface area (TPSA) is 38.3 Å². The van der Waals surface area contributed by atoms with Crippen LogP contribution in [-0.2, 0) is 9.53 Å². The van der Waals surface area contributed by atoms with Gasteiger partial charge in [-0.25, -0.2) is 0 Å². The van der Waals surface area contributed by atoms with Gasteiger partial charge >= 0.3 is 5.97 Å². The number of nitrogens with one attached hydrogen (secondary N) is 1. The number of hydrogen-bond acceptors (Lipinski definition) is 3. The van der Waals surface area contributed by atoms with Crippen molar-refractivity contribution < 1.29 is 9.53 Å². The van der Waals surface area contributed by atoms with Crippen molar-refractivity contribution >= 4 is 11.5 Å². The van der Waals surface area contributed by atoms with E-state index in [-0.39, 0.29) is 12.0 Å². The average molecular weight is 386 g/mol. The SMILES string of the molecule is C=C(CC(NC(c1ccccc1)c1ccccc1)C(=O)OCC)c1ccccc1. The molecule has 0 aromatic heterocycles. The third kappa shape index (κ3) is 5.66. The Morgan fingerprint density at radius 1 is 0.862 bits per heavy atom. The fourth-order valence-corrected chi connectivity index (χ4v) is 3.37. The average Bonchev–Trinajstić information content (AvgIpc) is 2.78. The first-order valence-electron chi connectivity index (χ1n) is 9.94. The van der Waals surface area contributed by atoms with Crippen LogP contribution in [-0.4, -0.2) is 18.6 Å². The maximum Gasteiger partial charge on any atom is 0.323 e. The molecule has 3 rings (SSSR count). The number of benzene rings is 3. The third-order valence-electron chi connectivity index (χ3n) is 4.84. The van der Waals surface area contributed by atoms with E-state index >= 15 is 0 Å². The number of carbonyl (C=O) groups excluding carboxylic acids is 1. The Balaban J connectivity index is 1.89. The largest absolute Gasteiger partial charge is 0.465 e. The van der Waals surface area contributed by atoms with E-state index < -0.39 is 6.04 Å². The van der Waals surface area contributed by atoms with Gasteiger partial charge in [0.1, 0.15) is 6.04 Å². The van der Waals surface area contributed by atoms with Crippen LogP contribution < -0.4 is 5.32 Å². The summed E-state index contributed by atoms with van der Waals surface area (Å²) in [5.74, 6) is -0.263. The molecule has 0 heterocycles. The van der Waals surface area contributed by atoms with Gasteiger partial charge in [-0.1, -0.05) is 97.6 Å². The predicted molar refractivity (Wildman–Crippen MR) is 118 cm³/mol. The van der Waals surface area contributed by atoms with E-state index in [2.05, 4.69) is 36.2 Å². The predicted octanol–water partition coefficient (Wildman–Crippen LogP) is 5.40. The number of esters is 1. The molecule has 0 fully saturated rings. The van der Waals surface area contributed by atoms with Crippen molar-refractivity contribution in [3.05, 3.63) is 114 Å². The summed E-state index contributed by atoms with van der Waals surface area (Å²) in [5.41, 5.74) is 4.12. The molecule has 0 radical (unpaired) electrons. The molecule has 0 aliphatic carbocycles. The van der Waals surface area contributed by atoms with Crippen LogP contribution >= 0.6 is 0 Å². The van der Waals surface area contributed by atoms with E-state index in [1.54, 1.807) is 0 Å². The lowest BCUT2D eigenvalue weighted by atomic mass is 9.95. The Morgan fingerprint density at radius 3 is 1.83 bits per heavy atom. The summed E-state index contributed by atoms with van der Waals surface area (Å²) in [5, 5.41) is 3.54. The van der Waals surface area contributed by atoms with Crippen LogP contribution in [0.5, 0.6) is 0 Å². The van der Waals surface area contributed by atoms with E-state index in [1.807, 2.05) is 73.7 Å². The van der Waals surface area contributed by atoms with Crippen LogP contribution in [0, 0.1) is 0 Å². The van der Waals surface area contributed by atoms with E-state index in [1.165, 1.54) is 0 Å². The minimum Gasteiger partial charge on any atom is -0.465 e. The minimum absolute atomic E-state index is 0.129. The molecule has 0 spiro atoms. The Kier molecular flexibility index (Phi) is 7.37. The lowest BCUT2D eigenvalue weighted by Gasteiger charge is -2.26. The van der Waals surface area contributed by atoms with Gasteiger partial charge in [-0.15, -0.1) is 0 Å². The highest BCUT2D eigenvalue weighted by Crippen LogP contribution is 2.25. The summed E-state index contributed by atoms with van der Waals surface area (Å²) in [6.07, 6.45) is 0.471. The lowest BCUT2D eigenvalue weighted by molar-refractivity contribution is -0.145. The second kappa shape index (κ2) is 10.4. The normalized spacial score (nSPS) is 11.8. The second-order valence-electron chi connectivity index (χ2n) is 6.90. The van der Waals surface area contributed by atoms with Crippen LogP contribution in [0.25, 0.3) is 5.57 Å². The van der Waals surface area contributed by atoms with Gasteiger partial charge in [-0.2, -0.15) is 0 Å². The molecule has 148 valence electrons. The number of carbonyl (C=O) groups is 1. The molecule has 0 amide bonds. The fourth-order valence-electron chi connectivity index (χ4n) is 3.37. The van der Waals surface area contributed by atoms with Gasteiger partial charge in [0.2, 0.25) is 0 Å². The first-order valence-corrected chi connectivity index (χ1v) is 9.94. The first kappa shape index (κ1) is 20.6. The van der Waals surface area contributed by atoms with Gasteiger partial charge < -0.3 is 4.74 Å². The maximum atomic E-state index is 12.8. The lowest BCUT2D eigenvalue weighted by Crippen LogP contribution is -2.41. The Labute approximate surface area is 173 Å². The summed E-state index contributed by atoms with van der Waals surface area (Å²) in [4.78, 5) is 12.8. The number of rotatable bonds is 9. The highest BCUT2D eigenvalue weighted by molar-refractivity contribution is 5.79. The number of hydrogen-bond donors (Lipinski definition) is 1. The van der Waals surface area contributed by atoms with Gasteiger partial charge in [0.15, 0.2) is 0 Å². The fraction of sp³-hybridized carbons (Fsp3) is 0.192. The van der Waals surface area contributed by atoms with Gasteiger partial charge in [0.05, 0.1) is 12.6 Å². The molecule has 29 heavy (non-hydrogen) atoms. The number of ether oxygens (including phenoxy) is 1. The van der Waals surface area contributed by atoms with Crippen molar-refractivity contribution in [2.75, 3.05) is 6.61 Å². The maximum absolute atomic E-state index is 12.8. The van der Waals surface area contributed by atoms with Gasteiger partial charge in [0.25, 0.3) is 0 Å². The zero-order chi connectivity index (χ0) is 20.5. The molecule has 0 aliphatic rings. The Bertz CT molecular complexity index is 868. The first-order chi connectivity index (χ1) is 14.2. The van der Waals surface area contributed by atoms with Crippen molar-refractivity contribution in [2.24, 2.45) is 0 Å². The van der Waals surface area contributed by atoms with E-state index in [0.29, 0.717) is 13.0 Å². The Hall–Kier alpha value is -3.17. The monoisotopic (exact) mass is 385 g/mol. The van der Waals surface area contributed by atoms with Crippen LogP contribution in [0.15, 0.2) is 97.6 Å². The molecular weight excluding hydrogens is 358 g/mol. The zero-order valence-electron chi connectivity index (χ0n) is 16.8. The van der Waals surface area contributed by atoms with Crippen LogP contribution in [0.3, 0.4) is 0 Å².